The van der Waals surface area contributed by atoms with Crippen molar-refractivity contribution in [2.45, 2.75) is 6.54 Å². The Bertz CT molecular complexity index is 898. The predicted molar refractivity (Wildman–Crippen MR) is 82.7 cm³/mol. The van der Waals surface area contributed by atoms with E-state index in [-0.39, 0.29) is 16.9 Å². The first kappa shape index (κ1) is 13.3. The Hall–Kier alpha value is -2.67. The zero-order valence-corrected chi connectivity index (χ0v) is 11.7. The Morgan fingerprint density at radius 1 is 1.29 bits per heavy atom. The number of anilines is 1. The minimum atomic E-state index is -0.525. The van der Waals surface area contributed by atoms with Crippen LogP contribution in [-0.4, -0.2) is 9.49 Å². The first-order valence-corrected chi connectivity index (χ1v) is 7.03. The fourth-order valence-electron chi connectivity index (χ4n) is 2.20. The summed E-state index contributed by atoms with van der Waals surface area (Å²) in [5, 5.41) is 13.3. The van der Waals surface area contributed by atoms with Gasteiger partial charge in [-0.3, -0.25) is 14.9 Å². The summed E-state index contributed by atoms with van der Waals surface area (Å²) in [4.78, 5) is 22.5. The van der Waals surface area contributed by atoms with Gasteiger partial charge >= 0.3 is 0 Å². The summed E-state index contributed by atoms with van der Waals surface area (Å²) in [6.45, 7) is 0.326. The highest BCUT2D eigenvalue weighted by Gasteiger charge is 2.12. The normalized spacial score (nSPS) is 10.9. The maximum atomic E-state index is 12.3. The van der Waals surface area contributed by atoms with E-state index in [0.717, 1.165) is 10.3 Å². The summed E-state index contributed by atoms with van der Waals surface area (Å²) in [6, 6.07) is 8.18. The molecule has 0 saturated heterocycles. The number of nitrogens with zero attached hydrogens (tertiary/aromatic N) is 2. The third-order valence-corrected chi connectivity index (χ3v) is 4.12. The number of nitro benzene ring substituents is 1. The first-order valence-electron chi connectivity index (χ1n) is 6.16. The third kappa shape index (κ3) is 2.38. The molecule has 3 rings (SSSR count). The minimum Gasteiger partial charge on any atom is -0.393 e. The monoisotopic (exact) mass is 301 g/mol. The molecule has 0 fully saturated rings. The van der Waals surface area contributed by atoms with Gasteiger partial charge in [-0.25, -0.2) is 0 Å². The quantitative estimate of drug-likeness (QED) is 0.457. The van der Waals surface area contributed by atoms with Crippen LogP contribution in [0.15, 0.2) is 46.7 Å². The zero-order chi connectivity index (χ0) is 15.0. The van der Waals surface area contributed by atoms with Gasteiger partial charge in [0.25, 0.3) is 11.2 Å². The van der Waals surface area contributed by atoms with E-state index in [1.165, 1.54) is 23.5 Å². The van der Waals surface area contributed by atoms with E-state index in [0.29, 0.717) is 11.9 Å². The van der Waals surface area contributed by atoms with Gasteiger partial charge in [0.05, 0.1) is 16.9 Å². The number of fused-ring (bicyclic) bond motifs is 1. The number of nitro groups is 1. The van der Waals surface area contributed by atoms with Gasteiger partial charge in [0.2, 0.25) is 0 Å². The predicted octanol–water partition coefficient (Wildman–Crippen LogP) is 2.60. The minimum absolute atomic E-state index is 0.0781. The van der Waals surface area contributed by atoms with Crippen molar-refractivity contribution < 1.29 is 4.92 Å². The number of nitrogens with two attached hydrogens (primary N) is 1. The molecule has 0 amide bonds. The number of rotatable bonds is 3. The van der Waals surface area contributed by atoms with Crippen LogP contribution >= 0.6 is 11.3 Å². The molecule has 106 valence electrons. The Balaban J connectivity index is 1.99. The lowest BCUT2D eigenvalue weighted by Crippen LogP contribution is -2.19. The fourth-order valence-corrected chi connectivity index (χ4v) is 2.97. The van der Waals surface area contributed by atoms with Gasteiger partial charge in [-0.05, 0) is 29.1 Å². The molecular formula is C14H11N3O3S. The summed E-state index contributed by atoms with van der Waals surface area (Å²) in [5.74, 6) is 0. The Morgan fingerprint density at radius 3 is 2.81 bits per heavy atom. The van der Waals surface area contributed by atoms with Crippen LogP contribution in [-0.2, 0) is 6.54 Å². The Kier molecular flexibility index (Phi) is 3.19. The van der Waals surface area contributed by atoms with Crippen LogP contribution in [0.5, 0.6) is 0 Å². The van der Waals surface area contributed by atoms with Gasteiger partial charge in [0.1, 0.15) is 5.69 Å². The highest BCUT2D eigenvalue weighted by Crippen LogP contribution is 2.22. The van der Waals surface area contributed by atoms with Crippen LogP contribution < -0.4 is 11.3 Å². The molecule has 2 heterocycles. The van der Waals surface area contributed by atoms with Gasteiger partial charge in [-0.1, -0.05) is 6.07 Å². The second-order valence-corrected chi connectivity index (χ2v) is 5.55. The van der Waals surface area contributed by atoms with Crippen LogP contribution in [0.4, 0.5) is 11.4 Å². The first-order chi connectivity index (χ1) is 10.1. The number of nitrogen functional groups attached to an aromatic ring is 1. The van der Waals surface area contributed by atoms with Crippen molar-refractivity contribution in [3.63, 3.8) is 0 Å². The second-order valence-electron chi connectivity index (χ2n) is 4.60. The molecule has 0 bridgehead atoms. The molecule has 0 spiro atoms. The SMILES string of the molecule is Nc1cc(Cn2ccc3sccc3c2=O)ccc1[N+](=O)[O-]. The molecule has 21 heavy (non-hydrogen) atoms. The number of hydrogen-bond acceptors (Lipinski definition) is 5. The van der Waals surface area contributed by atoms with E-state index in [2.05, 4.69) is 0 Å². The summed E-state index contributed by atoms with van der Waals surface area (Å²) in [7, 11) is 0. The average molecular weight is 301 g/mol. The third-order valence-electron chi connectivity index (χ3n) is 3.23. The second kappa shape index (κ2) is 5.02. The van der Waals surface area contributed by atoms with Crippen molar-refractivity contribution in [3.05, 3.63) is 67.9 Å². The van der Waals surface area contributed by atoms with E-state index >= 15 is 0 Å². The average Bonchev–Trinajstić information content (AvgIpc) is 2.91. The molecule has 0 unspecified atom stereocenters. The van der Waals surface area contributed by atoms with Crippen molar-refractivity contribution >= 4 is 32.8 Å². The summed E-state index contributed by atoms with van der Waals surface area (Å²) < 4.78 is 2.51. The van der Waals surface area contributed by atoms with Crippen molar-refractivity contribution in [1.29, 1.82) is 0 Å². The highest BCUT2D eigenvalue weighted by molar-refractivity contribution is 7.17. The van der Waals surface area contributed by atoms with Crippen LogP contribution in [0, 0.1) is 10.1 Å². The van der Waals surface area contributed by atoms with Crippen LogP contribution in [0.2, 0.25) is 0 Å². The van der Waals surface area contributed by atoms with Crippen molar-refractivity contribution in [2.24, 2.45) is 0 Å². The zero-order valence-electron chi connectivity index (χ0n) is 10.9. The molecule has 7 heteroatoms. The van der Waals surface area contributed by atoms with Gasteiger partial charge < -0.3 is 10.3 Å². The Labute approximate surface area is 123 Å². The van der Waals surface area contributed by atoms with Crippen molar-refractivity contribution in [1.82, 2.24) is 4.57 Å². The molecule has 0 aliphatic heterocycles. The topological polar surface area (TPSA) is 91.2 Å². The Morgan fingerprint density at radius 2 is 2.10 bits per heavy atom. The van der Waals surface area contributed by atoms with E-state index < -0.39 is 4.92 Å². The smallest absolute Gasteiger partial charge is 0.292 e. The lowest BCUT2D eigenvalue weighted by molar-refractivity contribution is -0.383. The molecule has 6 nitrogen and oxygen atoms in total. The maximum Gasteiger partial charge on any atom is 0.292 e. The number of benzene rings is 1. The molecule has 3 aromatic rings. The molecule has 1 aromatic carbocycles. The van der Waals surface area contributed by atoms with Gasteiger partial charge in [0, 0.05) is 17.0 Å². The van der Waals surface area contributed by atoms with E-state index in [1.54, 1.807) is 22.9 Å². The van der Waals surface area contributed by atoms with Gasteiger partial charge in [0.15, 0.2) is 0 Å². The molecule has 0 saturated carbocycles. The maximum absolute atomic E-state index is 12.3. The lowest BCUT2D eigenvalue weighted by Gasteiger charge is -2.07. The highest BCUT2D eigenvalue weighted by atomic mass is 32.1. The standard InChI is InChI=1S/C14H11N3O3S/c15-11-7-9(1-2-12(11)17(19)20)8-16-5-3-13-10(14(16)18)4-6-21-13/h1-7H,8,15H2. The van der Waals surface area contributed by atoms with E-state index in [1.807, 2.05) is 11.4 Å². The lowest BCUT2D eigenvalue weighted by atomic mass is 10.1. The molecular weight excluding hydrogens is 290 g/mol. The molecule has 0 aliphatic rings. The van der Waals surface area contributed by atoms with Gasteiger partial charge in [-0.15, -0.1) is 11.3 Å². The summed E-state index contributed by atoms with van der Waals surface area (Å²) in [6.07, 6.45) is 1.72. The number of pyridine rings is 1. The van der Waals surface area contributed by atoms with Gasteiger partial charge in [-0.2, -0.15) is 0 Å². The largest absolute Gasteiger partial charge is 0.393 e. The molecule has 0 aliphatic carbocycles. The molecule has 2 N–H and O–H groups in total. The molecule has 0 atom stereocenters. The summed E-state index contributed by atoms with van der Waals surface area (Å²) >= 11 is 1.52. The van der Waals surface area contributed by atoms with Crippen LogP contribution in [0.25, 0.3) is 10.1 Å². The van der Waals surface area contributed by atoms with Crippen molar-refractivity contribution in [3.8, 4) is 0 Å². The van der Waals surface area contributed by atoms with Crippen LogP contribution in [0.1, 0.15) is 5.56 Å². The number of hydrogen-bond donors (Lipinski definition) is 1. The summed E-state index contributed by atoms with van der Waals surface area (Å²) in [5.41, 5.74) is 6.30. The molecule has 0 radical (unpaired) electrons. The van der Waals surface area contributed by atoms with E-state index in [9.17, 15) is 14.9 Å². The number of aromatic nitrogens is 1. The fraction of sp³-hybridized carbons (Fsp3) is 0.0714. The van der Waals surface area contributed by atoms with E-state index in [4.69, 9.17) is 5.73 Å². The molecule has 2 aromatic heterocycles. The van der Waals surface area contributed by atoms with Crippen LogP contribution in [0.3, 0.4) is 0 Å². The number of thiophene rings is 1. The van der Waals surface area contributed by atoms with Crippen molar-refractivity contribution in [2.75, 3.05) is 5.73 Å².